The second-order valence-electron chi connectivity index (χ2n) is 5.37. The molecule has 1 atom stereocenters. The van der Waals surface area contributed by atoms with Gasteiger partial charge in [0, 0.05) is 18.0 Å². The maximum atomic E-state index is 11.3. The SMILES string of the molecule is COc1cccc(C(O)Cn2cc([N+](=O)[O-])c(-c3ccncc3)n2)c1. The van der Waals surface area contributed by atoms with Crippen LogP contribution in [0, 0.1) is 10.1 Å². The maximum Gasteiger partial charge on any atom is 0.314 e. The molecule has 8 heteroatoms. The van der Waals surface area contributed by atoms with E-state index >= 15 is 0 Å². The summed E-state index contributed by atoms with van der Waals surface area (Å²) in [5.41, 5.74) is 1.36. The number of aliphatic hydroxyl groups excluding tert-OH is 1. The number of hydrogen-bond acceptors (Lipinski definition) is 6. The van der Waals surface area contributed by atoms with Gasteiger partial charge in [-0.15, -0.1) is 0 Å². The second kappa shape index (κ2) is 7.10. The molecule has 0 spiro atoms. The summed E-state index contributed by atoms with van der Waals surface area (Å²) in [6.07, 6.45) is 3.53. The van der Waals surface area contributed by atoms with Crippen LogP contribution in [0.15, 0.2) is 55.0 Å². The molecule has 1 unspecified atom stereocenters. The van der Waals surface area contributed by atoms with Crippen LogP contribution in [0.5, 0.6) is 5.75 Å². The molecule has 0 saturated heterocycles. The minimum atomic E-state index is -0.875. The monoisotopic (exact) mass is 340 g/mol. The number of hydrogen-bond donors (Lipinski definition) is 1. The van der Waals surface area contributed by atoms with Crippen LogP contribution in [0.1, 0.15) is 11.7 Å². The molecule has 1 N–H and O–H groups in total. The summed E-state index contributed by atoms with van der Waals surface area (Å²) in [6, 6.07) is 10.3. The van der Waals surface area contributed by atoms with Gasteiger partial charge in [-0.3, -0.25) is 19.8 Å². The number of aliphatic hydroxyl groups is 1. The van der Waals surface area contributed by atoms with E-state index in [2.05, 4.69) is 10.1 Å². The molecule has 0 aliphatic heterocycles. The zero-order chi connectivity index (χ0) is 17.8. The number of methoxy groups -OCH3 is 1. The third-order valence-corrected chi connectivity index (χ3v) is 3.73. The van der Waals surface area contributed by atoms with E-state index in [4.69, 9.17) is 4.74 Å². The summed E-state index contributed by atoms with van der Waals surface area (Å²) < 4.78 is 6.51. The molecule has 0 bridgehead atoms. The van der Waals surface area contributed by atoms with Crippen LogP contribution in [0.25, 0.3) is 11.3 Å². The lowest BCUT2D eigenvalue weighted by Crippen LogP contribution is -2.09. The summed E-state index contributed by atoms with van der Waals surface area (Å²) in [4.78, 5) is 14.7. The molecule has 128 valence electrons. The van der Waals surface area contributed by atoms with Gasteiger partial charge in [-0.25, -0.2) is 0 Å². The number of benzene rings is 1. The molecule has 0 radical (unpaired) electrons. The molecule has 2 heterocycles. The second-order valence-corrected chi connectivity index (χ2v) is 5.37. The molecule has 2 aromatic heterocycles. The van der Waals surface area contributed by atoms with Gasteiger partial charge in [-0.05, 0) is 29.8 Å². The number of rotatable bonds is 6. The van der Waals surface area contributed by atoms with Gasteiger partial charge in [0.1, 0.15) is 11.9 Å². The zero-order valence-electron chi connectivity index (χ0n) is 13.4. The molecule has 0 amide bonds. The van der Waals surface area contributed by atoms with Crippen LogP contribution >= 0.6 is 0 Å². The number of aromatic nitrogens is 3. The van der Waals surface area contributed by atoms with Crippen LogP contribution in [0.4, 0.5) is 5.69 Å². The van der Waals surface area contributed by atoms with Crippen molar-refractivity contribution in [2.75, 3.05) is 7.11 Å². The highest BCUT2D eigenvalue weighted by molar-refractivity contribution is 5.68. The standard InChI is InChI=1S/C17H16N4O4/c1-25-14-4-2-3-13(9-14)16(22)11-20-10-15(21(23)24)17(19-20)12-5-7-18-8-6-12/h2-10,16,22H,11H2,1H3. The Labute approximate surface area is 143 Å². The predicted octanol–water partition coefficient (Wildman–Crippen LogP) is 2.60. The van der Waals surface area contributed by atoms with E-state index in [0.29, 0.717) is 16.9 Å². The molecule has 0 fully saturated rings. The van der Waals surface area contributed by atoms with Crippen molar-refractivity contribution in [2.45, 2.75) is 12.6 Å². The van der Waals surface area contributed by atoms with Gasteiger partial charge >= 0.3 is 5.69 Å². The fraction of sp³-hybridized carbons (Fsp3) is 0.176. The highest BCUT2D eigenvalue weighted by Gasteiger charge is 2.22. The minimum Gasteiger partial charge on any atom is -0.497 e. The molecular weight excluding hydrogens is 324 g/mol. The summed E-state index contributed by atoms with van der Waals surface area (Å²) >= 11 is 0. The van der Waals surface area contributed by atoms with E-state index < -0.39 is 11.0 Å². The van der Waals surface area contributed by atoms with Crippen molar-refractivity contribution in [2.24, 2.45) is 0 Å². The van der Waals surface area contributed by atoms with Crippen LogP contribution in [-0.4, -0.2) is 31.9 Å². The van der Waals surface area contributed by atoms with Gasteiger partial charge in [-0.2, -0.15) is 5.10 Å². The van der Waals surface area contributed by atoms with Crippen molar-refractivity contribution in [3.8, 4) is 17.0 Å². The van der Waals surface area contributed by atoms with Crippen LogP contribution in [0.3, 0.4) is 0 Å². The predicted molar refractivity (Wildman–Crippen MR) is 90.1 cm³/mol. The lowest BCUT2D eigenvalue weighted by molar-refractivity contribution is -0.384. The number of nitro groups is 1. The van der Waals surface area contributed by atoms with E-state index in [9.17, 15) is 15.2 Å². The van der Waals surface area contributed by atoms with E-state index in [1.165, 1.54) is 10.9 Å². The lowest BCUT2D eigenvalue weighted by atomic mass is 10.1. The van der Waals surface area contributed by atoms with Crippen LogP contribution in [-0.2, 0) is 6.54 Å². The zero-order valence-corrected chi connectivity index (χ0v) is 13.4. The third-order valence-electron chi connectivity index (χ3n) is 3.73. The summed E-state index contributed by atoms with van der Waals surface area (Å²) in [5.74, 6) is 0.625. The Balaban J connectivity index is 1.89. The Hall–Kier alpha value is -3.26. The molecule has 25 heavy (non-hydrogen) atoms. The van der Waals surface area contributed by atoms with Crippen molar-refractivity contribution >= 4 is 5.69 Å². The van der Waals surface area contributed by atoms with Gasteiger partial charge in [0.2, 0.25) is 0 Å². The Morgan fingerprint density at radius 3 is 2.76 bits per heavy atom. The number of pyridine rings is 1. The third kappa shape index (κ3) is 3.64. The summed E-state index contributed by atoms with van der Waals surface area (Å²) in [6.45, 7) is 0.0824. The van der Waals surface area contributed by atoms with Gasteiger partial charge in [0.15, 0.2) is 5.69 Å². The first-order chi connectivity index (χ1) is 12.1. The lowest BCUT2D eigenvalue weighted by Gasteiger charge is -2.12. The fourth-order valence-electron chi connectivity index (χ4n) is 2.48. The first-order valence-electron chi connectivity index (χ1n) is 7.52. The molecule has 8 nitrogen and oxygen atoms in total. The quantitative estimate of drug-likeness (QED) is 0.546. The Kier molecular flexibility index (Phi) is 4.71. The molecular formula is C17H16N4O4. The average molecular weight is 340 g/mol. The normalized spacial score (nSPS) is 11.9. The Morgan fingerprint density at radius 2 is 2.08 bits per heavy atom. The van der Waals surface area contributed by atoms with Crippen LogP contribution < -0.4 is 4.74 Å². The first-order valence-corrected chi connectivity index (χ1v) is 7.52. The summed E-state index contributed by atoms with van der Waals surface area (Å²) in [5, 5.41) is 26.0. The van der Waals surface area contributed by atoms with E-state index in [-0.39, 0.29) is 17.9 Å². The van der Waals surface area contributed by atoms with Gasteiger partial charge in [0.25, 0.3) is 0 Å². The van der Waals surface area contributed by atoms with E-state index in [1.807, 2.05) is 0 Å². The number of nitrogens with zero attached hydrogens (tertiary/aromatic N) is 4. The van der Waals surface area contributed by atoms with E-state index in [1.54, 1.807) is 55.9 Å². The van der Waals surface area contributed by atoms with Crippen LogP contribution in [0.2, 0.25) is 0 Å². The Morgan fingerprint density at radius 1 is 1.32 bits per heavy atom. The molecule has 0 aliphatic rings. The molecule has 3 rings (SSSR count). The first kappa shape index (κ1) is 16.6. The average Bonchev–Trinajstić information content (AvgIpc) is 3.06. The van der Waals surface area contributed by atoms with Crippen molar-refractivity contribution in [3.05, 3.63) is 70.7 Å². The van der Waals surface area contributed by atoms with Crippen molar-refractivity contribution in [3.63, 3.8) is 0 Å². The largest absolute Gasteiger partial charge is 0.497 e. The minimum absolute atomic E-state index is 0.0824. The molecule has 0 aliphatic carbocycles. The molecule has 3 aromatic rings. The molecule has 0 saturated carbocycles. The highest BCUT2D eigenvalue weighted by Crippen LogP contribution is 2.29. The summed E-state index contributed by atoms with van der Waals surface area (Å²) in [7, 11) is 1.54. The van der Waals surface area contributed by atoms with Crippen molar-refractivity contribution < 1.29 is 14.8 Å². The fourth-order valence-corrected chi connectivity index (χ4v) is 2.48. The van der Waals surface area contributed by atoms with E-state index in [0.717, 1.165) is 0 Å². The molecule has 1 aromatic carbocycles. The van der Waals surface area contributed by atoms with Gasteiger partial charge in [0.05, 0.1) is 24.7 Å². The van der Waals surface area contributed by atoms with Crippen molar-refractivity contribution in [1.29, 1.82) is 0 Å². The van der Waals surface area contributed by atoms with Crippen molar-refractivity contribution in [1.82, 2.24) is 14.8 Å². The Bertz CT molecular complexity index is 879. The topological polar surface area (TPSA) is 103 Å². The highest BCUT2D eigenvalue weighted by atomic mass is 16.6. The van der Waals surface area contributed by atoms with Gasteiger partial charge < -0.3 is 9.84 Å². The van der Waals surface area contributed by atoms with Gasteiger partial charge in [-0.1, -0.05) is 12.1 Å². The number of ether oxygens (including phenoxy) is 1. The maximum absolute atomic E-state index is 11.3. The smallest absolute Gasteiger partial charge is 0.314 e.